The molecule has 2 N–H and O–H groups in total. The maximum absolute atomic E-state index is 12.3. The molecule has 1 aliphatic heterocycles. The summed E-state index contributed by atoms with van der Waals surface area (Å²) in [6.45, 7) is 7.68. The third-order valence-corrected chi connectivity index (χ3v) is 8.07. The number of rotatable bonds is 9. The number of carbonyl (C=O) groups is 1. The predicted molar refractivity (Wildman–Crippen MR) is 147 cm³/mol. The number of piperazine rings is 1. The Bertz CT molecular complexity index is 1400. The first kappa shape index (κ1) is 25.5. The van der Waals surface area contributed by atoms with Gasteiger partial charge < -0.3 is 20.1 Å². The Kier molecular flexibility index (Phi) is 7.66. The van der Waals surface area contributed by atoms with E-state index in [1.54, 1.807) is 6.20 Å². The molecule has 0 saturated carbocycles. The summed E-state index contributed by atoms with van der Waals surface area (Å²) in [5.74, 6) is 0.644. The molecule has 3 aromatic heterocycles. The standard InChI is InChI=1S/C27H30ClN5O3S/c1-18(20-5-3-4-6-21(20)28)36-23-15-24(37-26(23)27(29)34)22-16-30-25-8-7-19(17-33(22)25)35-14-13-32-11-9-31(2)10-12-32/h3-8,15-18H,9-14H2,1-2H3,(H2,29,34). The number of hydrogen-bond donors (Lipinski definition) is 1. The molecule has 10 heteroatoms. The molecule has 4 heterocycles. The van der Waals surface area contributed by atoms with Crippen molar-refractivity contribution in [1.82, 2.24) is 19.2 Å². The summed E-state index contributed by atoms with van der Waals surface area (Å²) in [6.07, 6.45) is 3.34. The number of nitrogens with two attached hydrogens (primary N) is 1. The Labute approximate surface area is 225 Å². The van der Waals surface area contributed by atoms with Crippen LogP contribution in [-0.4, -0.2) is 71.5 Å². The topological polar surface area (TPSA) is 85.3 Å². The van der Waals surface area contributed by atoms with E-state index in [-0.39, 0.29) is 6.10 Å². The Morgan fingerprint density at radius 3 is 2.73 bits per heavy atom. The first-order valence-electron chi connectivity index (χ1n) is 12.2. The summed E-state index contributed by atoms with van der Waals surface area (Å²) in [7, 11) is 2.15. The molecule has 37 heavy (non-hydrogen) atoms. The summed E-state index contributed by atoms with van der Waals surface area (Å²) in [4.78, 5) is 22.7. The Hall–Kier alpha value is -3.11. The van der Waals surface area contributed by atoms with Crippen molar-refractivity contribution in [3.05, 3.63) is 70.3 Å². The summed E-state index contributed by atoms with van der Waals surface area (Å²) in [5, 5.41) is 0.605. The average molecular weight is 540 g/mol. The number of pyridine rings is 1. The predicted octanol–water partition coefficient (Wildman–Crippen LogP) is 4.58. The summed E-state index contributed by atoms with van der Waals surface area (Å²) >= 11 is 7.62. The number of primary amides is 1. The van der Waals surface area contributed by atoms with Gasteiger partial charge in [-0.25, -0.2) is 4.98 Å². The number of likely N-dealkylation sites (N-methyl/N-ethyl adjacent to an activating group) is 1. The van der Waals surface area contributed by atoms with Gasteiger partial charge in [-0.2, -0.15) is 0 Å². The Morgan fingerprint density at radius 2 is 1.97 bits per heavy atom. The molecule has 194 valence electrons. The number of carbonyl (C=O) groups excluding carboxylic acids is 1. The molecule has 1 unspecified atom stereocenters. The molecule has 4 aromatic rings. The lowest BCUT2D eigenvalue weighted by Crippen LogP contribution is -2.45. The van der Waals surface area contributed by atoms with Crippen LogP contribution in [-0.2, 0) is 0 Å². The molecular weight excluding hydrogens is 510 g/mol. The van der Waals surface area contributed by atoms with Crippen LogP contribution in [0.1, 0.15) is 28.3 Å². The number of halogens is 1. The highest BCUT2D eigenvalue weighted by Crippen LogP contribution is 2.39. The zero-order valence-electron chi connectivity index (χ0n) is 20.9. The second kappa shape index (κ2) is 11.1. The van der Waals surface area contributed by atoms with Crippen LogP contribution in [0.5, 0.6) is 11.5 Å². The van der Waals surface area contributed by atoms with Crippen molar-refractivity contribution in [2.24, 2.45) is 5.73 Å². The van der Waals surface area contributed by atoms with E-state index in [9.17, 15) is 4.79 Å². The van der Waals surface area contributed by atoms with Crippen molar-refractivity contribution in [3.63, 3.8) is 0 Å². The van der Waals surface area contributed by atoms with Crippen molar-refractivity contribution in [1.29, 1.82) is 0 Å². The lowest BCUT2D eigenvalue weighted by Gasteiger charge is -2.32. The largest absolute Gasteiger partial charge is 0.491 e. The minimum Gasteiger partial charge on any atom is -0.491 e. The molecule has 1 amide bonds. The van der Waals surface area contributed by atoms with Gasteiger partial charge in [0.05, 0.1) is 23.0 Å². The van der Waals surface area contributed by atoms with Crippen LogP contribution in [0.4, 0.5) is 0 Å². The van der Waals surface area contributed by atoms with Gasteiger partial charge in [-0.15, -0.1) is 11.3 Å². The zero-order chi connectivity index (χ0) is 25.9. The van der Waals surface area contributed by atoms with Crippen molar-refractivity contribution < 1.29 is 14.3 Å². The first-order valence-corrected chi connectivity index (χ1v) is 13.4. The van der Waals surface area contributed by atoms with Crippen molar-refractivity contribution in [3.8, 4) is 22.1 Å². The van der Waals surface area contributed by atoms with E-state index in [2.05, 4.69) is 21.8 Å². The number of aromatic nitrogens is 2. The lowest BCUT2D eigenvalue weighted by molar-refractivity contribution is 0.0998. The molecule has 8 nitrogen and oxygen atoms in total. The molecule has 1 fully saturated rings. The normalized spacial score (nSPS) is 15.6. The molecule has 1 aliphatic rings. The third kappa shape index (κ3) is 5.75. The summed E-state index contributed by atoms with van der Waals surface area (Å²) in [5.41, 5.74) is 8.14. The van der Waals surface area contributed by atoms with Crippen molar-refractivity contribution in [2.45, 2.75) is 13.0 Å². The smallest absolute Gasteiger partial charge is 0.262 e. The minimum atomic E-state index is -0.542. The quantitative estimate of drug-likeness (QED) is 0.335. The van der Waals surface area contributed by atoms with Crippen LogP contribution < -0.4 is 15.2 Å². The molecule has 1 atom stereocenters. The fourth-order valence-electron chi connectivity index (χ4n) is 4.41. The van der Waals surface area contributed by atoms with Gasteiger partial charge in [-0.3, -0.25) is 14.1 Å². The van der Waals surface area contributed by atoms with Crippen molar-refractivity contribution in [2.75, 3.05) is 46.4 Å². The molecule has 0 aliphatic carbocycles. The molecule has 0 bridgehead atoms. The van der Waals surface area contributed by atoms with Gasteiger partial charge in [0, 0.05) is 49.4 Å². The zero-order valence-corrected chi connectivity index (χ0v) is 22.5. The maximum atomic E-state index is 12.3. The number of fused-ring (bicyclic) bond motifs is 1. The van der Waals surface area contributed by atoms with Crippen LogP contribution in [0.3, 0.4) is 0 Å². The lowest BCUT2D eigenvalue weighted by atomic mass is 10.1. The molecular formula is C27H30ClN5O3S. The van der Waals surface area contributed by atoms with E-state index in [0.717, 1.165) is 60.3 Å². The van der Waals surface area contributed by atoms with E-state index in [1.165, 1.54) is 11.3 Å². The highest BCUT2D eigenvalue weighted by Gasteiger charge is 2.21. The highest BCUT2D eigenvalue weighted by atomic mass is 35.5. The second-order valence-electron chi connectivity index (χ2n) is 9.18. The second-order valence-corrected chi connectivity index (χ2v) is 10.6. The van der Waals surface area contributed by atoms with E-state index in [1.807, 2.05) is 60.0 Å². The number of imidazole rings is 1. The Morgan fingerprint density at radius 1 is 1.19 bits per heavy atom. The number of benzene rings is 1. The van der Waals surface area contributed by atoms with Gasteiger partial charge in [0.15, 0.2) is 0 Å². The minimum absolute atomic E-state index is 0.350. The highest BCUT2D eigenvalue weighted by molar-refractivity contribution is 7.17. The average Bonchev–Trinajstić information content (AvgIpc) is 3.49. The monoisotopic (exact) mass is 539 g/mol. The van der Waals surface area contributed by atoms with Gasteiger partial charge in [-0.05, 0) is 32.2 Å². The van der Waals surface area contributed by atoms with E-state index < -0.39 is 5.91 Å². The number of hydrogen-bond acceptors (Lipinski definition) is 7. The SMILES string of the molecule is CC(Oc1cc(-c2cnc3ccc(OCCN4CCN(C)CC4)cn23)sc1C(N)=O)c1ccccc1Cl. The maximum Gasteiger partial charge on any atom is 0.262 e. The van der Waals surface area contributed by atoms with Crippen LogP contribution in [0.25, 0.3) is 16.2 Å². The third-order valence-electron chi connectivity index (χ3n) is 6.57. The van der Waals surface area contributed by atoms with Crippen LogP contribution in [0.15, 0.2) is 54.9 Å². The van der Waals surface area contributed by atoms with Gasteiger partial charge in [0.25, 0.3) is 5.91 Å². The number of amides is 1. The number of ether oxygens (including phenoxy) is 2. The molecule has 1 saturated heterocycles. The van der Waals surface area contributed by atoms with Crippen LogP contribution in [0.2, 0.25) is 5.02 Å². The summed E-state index contributed by atoms with van der Waals surface area (Å²) in [6, 6.07) is 13.2. The summed E-state index contributed by atoms with van der Waals surface area (Å²) < 4.78 is 14.2. The first-order chi connectivity index (χ1) is 17.9. The molecule has 5 rings (SSSR count). The van der Waals surface area contributed by atoms with E-state index in [0.29, 0.717) is 22.3 Å². The van der Waals surface area contributed by atoms with Gasteiger partial charge in [0.2, 0.25) is 0 Å². The Balaban J connectivity index is 1.35. The van der Waals surface area contributed by atoms with Gasteiger partial charge in [-0.1, -0.05) is 29.8 Å². The number of nitrogens with zero attached hydrogens (tertiary/aromatic N) is 4. The van der Waals surface area contributed by atoms with Crippen LogP contribution in [0, 0.1) is 0 Å². The molecule has 0 radical (unpaired) electrons. The van der Waals surface area contributed by atoms with Gasteiger partial charge in [0.1, 0.15) is 34.7 Å². The van der Waals surface area contributed by atoms with Crippen LogP contribution >= 0.6 is 22.9 Å². The fraction of sp³-hybridized carbons (Fsp3) is 0.333. The fourth-order valence-corrected chi connectivity index (χ4v) is 5.65. The van der Waals surface area contributed by atoms with Gasteiger partial charge >= 0.3 is 0 Å². The van der Waals surface area contributed by atoms with E-state index >= 15 is 0 Å². The molecule has 1 aromatic carbocycles. The van der Waals surface area contributed by atoms with E-state index in [4.69, 9.17) is 26.8 Å². The van der Waals surface area contributed by atoms with Crippen molar-refractivity contribution >= 4 is 34.5 Å². The molecule has 0 spiro atoms. The number of thiophene rings is 1.